The number of methoxy groups -OCH3 is 1. The summed E-state index contributed by atoms with van der Waals surface area (Å²) in [6.07, 6.45) is -0.380. The number of esters is 1. The highest BCUT2D eigenvalue weighted by Crippen LogP contribution is 2.35. The van der Waals surface area contributed by atoms with E-state index in [1.54, 1.807) is 24.6 Å². The number of nitrogens with zero attached hydrogens (tertiary/aromatic N) is 2. The van der Waals surface area contributed by atoms with Gasteiger partial charge in [-0.25, -0.2) is 4.98 Å². The molecule has 0 saturated heterocycles. The molecule has 0 radical (unpaired) electrons. The third-order valence-corrected chi connectivity index (χ3v) is 4.24. The average Bonchev–Trinajstić information content (AvgIpc) is 3.12. The monoisotopic (exact) mass is 362 g/mol. The molecule has 1 unspecified atom stereocenters. The second-order valence-electron chi connectivity index (χ2n) is 5.58. The molecule has 7 nitrogen and oxygen atoms in total. The molecule has 1 amide bonds. The number of fused-ring (bicyclic) bond motifs is 1. The number of ether oxygens (including phenoxy) is 3. The Morgan fingerprint density at radius 1 is 1.48 bits per heavy atom. The summed E-state index contributed by atoms with van der Waals surface area (Å²) < 4.78 is 15.7. The number of carbonyl (C=O) groups excluding carboxylic acids is 2. The highest BCUT2D eigenvalue weighted by atomic mass is 32.1. The number of carbonyl (C=O) groups is 2. The van der Waals surface area contributed by atoms with Crippen LogP contribution < -0.4 is 9.64 Å². The molecule has 0 spiro atoms. The maximum Gasteiger partial charge on any atom is 0.326 e. The molecule has 1 atom stereocenters. The number of anilines is 1. The second-order valence-corrected chi connectivity index (χ2v) is 6.30. The van der Waals surface area contributed by atoms with E-state index in [1.165, 1.54) is 23.3 Å². The molecule has 2 heterocycles. The van der Waals surface area contributed by atoms with Gasteiger partial charge in [0.2, 0.25) is 0 Å². The van der Waals surface area contributed by atoms with Crippen molar-refractivity contribution in [2.45, 2.75) is 13.0 Å². The van der Waals surface area contributed by atoms with E-state index in [1.807, 2.05) is 11.4 Å². The fourth-order valence-corrected chi connectivity index (χ4v) is 3.11. The van der Waals surface area contributed by atoms with E-state index in [0.717, 1.165) is 11.3 Å². The third kappa shape index (κ3) is 3.97. The minimum atomic E-state index is -0.496. The summed E-state index contributed by atoms with van der Waals surface area (Å²) in [5, 5.41) is 1.91. The highest BCUT2D eigenvalue weighted by Gasteiger charge is 2.29. The predicted molar refractivity (Wildman–Crippen MR) is 92.8 cm³/mol. The SMILES string of the molecule is COCC(C)OC(=O)CN1C(=O)COc2ccc(-c3cscn3)cc21. The van der Waals surface area contributed by atoms with Crippen LogP contribution in [0, 0.1) is 0 Å². The minimum absolute atomic E-state index is 0.107. The Labute approximate surface area is 149 Å². The van der Waals surface area contributed by atoms with Gasteiger partial charge in [0.15, 0.2) is 6.61 Å². The van der Waals surface area contributed by atoms with Gasteiger partial charge in [0, 0.05) is 18.1 Å². The number of amides is 1. The number of aromatic nitrogens is 1. The molecule has 3 rings (SSSR count). The number of thiazole rings is 1. The predicted octanol–water partition coefficient (Wildman–Crippen LogP) is 2.11. The average molecular weight is 362 g/mol. The second kappa shape index (κ2) is 7.62. The summed E-state index contributed by atoms with van der Waals surface area (Å²) in [4.78, 5) is 30.1. The maximum absolute atomic E-state index is 12.3. The topological polar surface area (TPSA) is 78.0 Å². The van der Waals surface area contributed by atoms with E-state index >= 15 is 0 Å². The number of hydrogen-bond donors (Lipinski definition) is 0. The lowest BCUT2D eigenvalue weighted by molar-refractivity contribution is -0.149. The maximum atomic E-state index is 12.3. The number of rotatable bonds is 6. The molecule has 1 aliphatic rings. The van der Waals surface area contributed by atoms with Crippen LogP contribution in [0.3, 0.4) is 0 Å². The zero-order valence-electron chi connectivity index (χ0n) is 13.9. The van der Waals surface area contributed by atoms with Gasteiger partial charge >= 0.3 is 5.97 Å². The number of hydrogen-bond acceptors (Lipinski definition) is 7. The molecule has 0 aliphatic carbocycles. The lowest BCUT2D eigenvalue weighted by Crippen LogP contribution is -2.43. The van der Waals surface area contributed by atoms with Crippen LogP contribution in [-0.2, 0) is 19.1 Å². The van der Waals surface area contributed by atoms with Crippen molar-refractivity contribution in [2.24, 2.45) is 0 Å². The Morgan fingerprint density at radius 3 is 3.04 bits per heavy atom. The Morgan fingerprint density at radius 2 is 2.32 bits per heavy atom. The molecular formula is C17H18N2O5S. The molecule has 1 aromatic heterocycles. The van der Waals surface area contributed by atoms with E-state index < -0.39 is 5.97 Å². The van der Waals surface area contributed by atoms with Crippen molar-refractivity contribution in [3.63, 3.8) is 0 Å². The van der Waals surface area contributed by atoms with Crippen molar-refractivity contribution in [1.82, 2.24) is 4.98 Å². The van der Waals surface area contributed by atoms with E-state index in [2.05, 4.69) is 4.98 Å². The molecule has 1 aliphatic heterocycles. The Bertz CT molecular complexity index is 762. The van der Waals surface area contributed by atoms with Gasteiger partial charge in [0.1, 0.15) is 18.4 Å². The van der Waals surface area contributed by atoms with Crippen LogP contribution >= 0.6 is 11.3 Å². The summed E-state index contributed by atoms with van der Waals surface area (Å²) in [6.45, 7) is 1.75. The largest absolute Gasteiger partial charge is 0.482 e. The van der Waals surface area contributed by atoms with E-state index in [9.17, 15) is 9.59 Å². The normalized spacial score (nSPS) is 14.6. The molecule has 8 heteroatoms. The molecular weight excluding hydrogens is 344 g/mol. The third-order valence-electron chi connectivity index (χ3n) is 3.65. The van der Waals surface area contributed by atoms with Gasteiger partial charge in [-0.05, 0) is 25.1 Å². The molecule has 0 saturated carbocycles. The first-order chi connectivity index (χ1) is 12.1. The fourth-order valence-electron chi connectivity index (χ4n) is 2.55. The van der Waals surface area contributed by atoms with Gasteiger partial charge in [0.25, 0.3) is 5.91 Å². The molecule has 25 heavy (non-hydrogen) atoms. The zero-order chi connectivity index (χ0) is 17.8. The van der Waals surface area contributed by atoms with Gasteiger partial charge in [-0.3, -0.25) is 14.5 Å². The first-order valence-corrected chi connectivity index (χ1v) is 8.67. The summed E-state index contributed by atoms with van der Waals surface area (Å²) in [6, 6.07) is 5.45. The van der Waals surface area contributed by atoms with Gasteiger partial charge < -0.3 is 14.2 Å². The van der Waals surface area contributed by atoms with E-state index in [4.69, 9.17) is 14.2 Å². The molecule has 2 aromatic rings. The smallest absolute Gasteiger partial charge is 0.326 e. The van der Waals surface area contributed by atoms with E-state index in [-0.39, 0.29) is 25.2 Å². The van der Waals surface area contributed by atoms with Crippen molar-refractivity contribution in [3.05, 3.63) is 29.1 Å². The molecule has 132 valence electrons. The lowest BCUT2D eigenvalue weighted by atomic mass is 10.1. The van der Waals surface area contributed by atoms with Crippen molar-refractivity contribution in [3.8, 4) is 17.0 Å². The first kappa shape index (κ1) is 17.4. The van der Waals surface area contributed by atoms with Crippen LogP contribution in [-0.4, -0.2) is 49.8 Å². The van der Waals surface area contributed by atoms with Crippen LogP contribution in [0.4, 0.5) is 5.69 Å². The van der Waals surface area contributed by atoms with Gasteiger partial charge in [0.05, 0.1) is 23.5 Å². The van der Waals surface area contributed by atoms with Crippen LogP contribution in [0.5, 0.6) is 5.75 Å². The summed E-state index contributed by atoms with van der Waals surface area (Å²) in [5.74, 6) is -0.236. The van der Waals surface area contributed by atoms with Crippen molar-refractivity contribution in [1.29, 1.82) is 0 Å². The van der Waals surface area contributed by atoms with Gasteiger partial charge in [-0.2, -0.15) is 0 Å². The Hall–Kier alpha value is -2.45. The lowest BCUT2D eigenvalue weighted by Gasteiger charge is -2.29. The van der Waals surface area contributed by atoms with Crippen LogP contribution in [0.1, 0.15) is 6.92 Å². The van der Waals surface area contributed by atoms with Crippen molar-refractivity contribution < 1.29 is 23.8 Å². The standard InChI is InChI=1S/C17H18N2O5S/c1-11(7-22-2)24-17(21)6-19-14-5-12(13-9-25-10-18-13)3-4-15(14)23-8-16(19)20/h3-5,9-11H,6-8H2,1-2H3. The fraction of sp³-hybridized carbons (Fsp3) is 0.353. The molecule has 0 bridgehead atoms. The highest BCUT2D eigenvalue weighted by molar-refractivity contribution is 7.07. The summed E-state index contributed by atoms with van der Waals surface area (Å²) in [5.41, 5.74) is 3.94. The van der Waals surface area contributed by atoms with Crippen LogP contribution in [0.2, 0.25) is 0 Å². The first-order valence-electron chi connectivity index (χ1n) is 7.72. The molecule has 0 N–H and O–H groups in total. The van der Waals surface area contributed by atoms with Crippen molar-refractivity contribution in [2.75, 3.05) is 31.8 Å². The Balaban J connectivity index is 1.82. The van der Waals surface area contributed by atoms with Gasteiger partial charge in [-0.15, -0.1) is 11.3 Å². The zero-order valence-corrected chi connectivity index (χ0v) is 14.7. The van der Waals surface area contributed by atoms with E-state index in [0.29, 0.717) is 18.0 Å². The van der Waals surface area contributed by atoms with Crippen LogP contribution in [0.15, 0.2) is 29.1 Å². The molecule has 1 aromatic carbocycles. The minimum Gasteiger partial charge on any atom is -0.482 e. The van der Waals surface area contributed by atoms with Crippen LogP contribution in [0.25, 0.3) is 11.3 Å². The molecule has 0 fully saturated rings. The number of benzene rings is 1. The Kier molecular flexibility index (Phi) is 5.30. The quantitative estimate of drug-likeness (QED) is 0.733. The van der Waals surface area contributed by atoms with Gasteiger partial charge in [-0.1, -0.05) is 0 Å². The summed E-state index contributed by atoms with van der Waals surface area (Å²) in [7, 11) is 1.53. The summed E-state index contributed by atoms with van der Waals surface area (Å²) >= 11 is 1.49. The van der Waals surface area contributed by atoms with Crippen molar-refractivity contribution >= 4 is 28.9 Å².